The van der Waals surface area contributed by atoms with Crippen LogP contribution in [0.15, 0.2) is 48.8 Å². The first-order valence-corrected chi connectivity index (χ1v) is 9.03. The van der Waals surface area contributed by atoms with Crippen molar-refractivity contribution >= 4 is 17.5 Å². The summed E-state index contributed by atoms with van der Waals surface area (Å²) in [5.74, 6) is 0.175. The van der Waals surface area contributed by atoms with E-state index in [1.165, 1.54) is 0 Å². The molecule has 0 radical (unpaired) electrons. The Morgan fingerprint density at radius 2 is 1.74 bits per heavy atom. The van der Waals surface area contributed by atoms with Gasteiger partial charge in [-0.25, -0.2) is 0 Å². The summed E-state index contributed by atoms with van der Waals surface area (Å²) in [4.78, 5) is 31.0. The van der Waals surface area contributed by atoms with Crippen molar-refractivity contribution in [3.63, 3.8) is 0 Å². The minimum absolute atomic E-state index is 0.222. The Bertz CT molecular complexity index is 758. The number of benzene rings is 1. The summed E-state index contributed by atoms with van der Waals surface area (Å²) in [5.41, 5.74) is 0.552. The van der Waals surface area contributed by atoms with Gasteiger partial charge in [0.15, 0.2) is 0 Å². The molecule has 2 rings (SSSR count). The summed E-state index contributed by atoms with van der Waals surface area (Å²) in [5, 5.41) is 2.81. The van der Waals surface area contributed by atoms with Crippen molar-refractivity contribution in [3.8, 4) is 5.75 Å². The summed E-state index contributed by atoms with van der Waals surface area (Å²) in [6, 6.07) is 10.9. The molecule has 0 atom stereocenters. The molecule has 0 saturated heterocycles. The molecule has 0 saturated carbocycles. The predicted octanol–water partition coefficient (Wildman–Crippen LogP) is 3.15. The zero-order valence-corrected chi connectivity index (χ0v) is 16.4. The molecule has 6 nitrogen and oxygen atoms in total. The number of amides is 2. The van der Waals surface area contributed by atoms with Crippen LogP contribution in [0.3, 0.4) is 0 Å². The minimum Gasteiger partial charge on any atom is -0.494 e. The first-order chi connectivity index (χ1) is 12.8. The maximum Gasteiger partial charge on any atom is 0.239 e. The lowest BCUT2D eigenvalue weighted by molar-refractivity contribution is -0.145. The number of hydrogen-bond donors (Lipinski definition) is 1. The quantitative estimate of drug-likeness (QED) is 0.726. The van der Waals surface area contributed by atoms with Crippen molar-refractivity contribution in [2.75, 3.05) is 25.5 Å². The van der Waals surface area contributed by atoms with Crippen molar-refractivity contribution in [1.82, 2.24) is 9.88 Å². The van der Waals surface area contributed by atoms with E-state index in [0.717, 1.165) is 11.3 Å². The lowest BCUT2D eigenvalue weighted by Crippen LogP contribution is -2.46. The Kier molecular flexibility index (Phi) is 6.93. The van der Waals surface area contributed by atoms with Crippen LogP contribution in [0.4, 0.5) is 5.69 Å². The number of hydrogen-bond acceptors (Lipinski definition) is 4. The lowest BCUT2D eigenvalue weighted by Gasteiger charge is -2.28. The summed E-state index contributed by atoms with van der Waals surface area (Å²) in [6.07, 6.45) is 4.16. The van der Waals surface area contributed by atoms with Crippen LogP contribution in [0.2, 0.25) is 0 Å². The molecule has 1 aromatic heterocycles. The second-order valence-corrected chi connectivity index (χ2v) is 6.87. The van der Waals surface area contributed by atoms with Crippen LogP contribution in [-0.4, -0.2) is 41.9 Å². The molecule has 0 fully saturated rings. The predicted molar refractivity (Wildman–Crippen MR) is 106 cm³/mol. The fraction of sp³-hybridized carbons (Fsp3) is 0.381. The smallest absolute Gasteiger partial charge is 0.239 e. The van der Waals surface area contributed by atoms with Crippen LogP contribution in [0.25, 0.3) is 0 Å². The highest BCUT2D eigenvalue weighted by molar-refractivity contribution is 6.09. The van der Waals surface area contributed by atoms with E-state index in [2.05, 4.69) is 10.3 Å². The van der Waals surface area contributed by atoms with Gasteiger partial charge in [-0.05, 0) is 69.2 Å². The number of aromatic nitrogens is 1. The van der Waals surface area contributed by atoms with Gasteiger partial charge in [-0.3, -0.25) is 14.6 Å². The van der Waals surface area contributed by atoms with E-state index in [1.54, 1.807) is 62.5 Å². The molecular formula is C21H27N3O3. The van der Waals surface area contributed by atoms with Crippen molar-refractivity contribution in [2.24, 2.45) is 5.41 Å². The van der Waals surface area contributed by atoms with Gasteiger partial charge in [0, 0.05) is 31.7 Å². The maximum absolute atomic E-state index is 12.8. The molecule has 0 unspecified atom stereocenters. The molecular weight excluding hydrogens is 342 g/mol. The van der Waals surface area contributed by atoms with Gasteiger partial charge in [-0.2, -0.15) is 0 Å². The van der Waals surface area contributed by atoms with Gasteiger partial charge in [-0.15, -0.1) is 0 Å². The number of rotatable bonds is 8. The van der Waals surface area contributed by atoms with E-state index < -0.39 is 5.41 Å². The molecule has 2 amide bonds. The molecule has 6 heteroatoms. The fourth-order valence-electron chi connectivity index (χ4n) is 2.61. The van der Waals surface area contributed by atoms with Crippen LogP contribution >= 0.6 is 0 Å². The van der Waals surface area contributed by atoms with Crippen molar-refractivity contribution in [2.45, 2.75) is 27.2 Å². The fourth-order valence-corrected chi connectivity index (χ4v) is 2.61. The number of ether oxygens (including phenoxy) is 1. The first kappa shape index (κ1) is 20.4. The van der Waals surface area contributed by atoms with Gasteiger partial charge in [0.05, 0.1) is 6.61 Å². The average molecular weight is 369 g/mol. The number of carbonyl (C=O) groups is 2. The van der Waals surface area contributed by atoms with Gasteiger partial charge in [0.1, 0.15) is 11.2 Å². The monoisotopic (exact) mass is 369 g/mol. The highest BCUT2D eigenvalue weighted by Gasteiger charge is 2.38. The SMILES string of the molecule is CCOc1ccc(NC(=O)C(C)(C)C(=O)N(C)CCc2ccncc2)cc1. The number of nitrogens with zero attached hydrogens (tertiary/aromatic N) is 2. The number of carbonyl (C=O) groups excluding carboxylic acids is 2. The molecule has 144 valence electrons. The zero-order valence-electron chi connectivity index (χ0n) is 16.4. The van der Waals surface area contributed by atoms with E-state index in [0.29, 0.717) is 25.3 Å². The highest BCUT2D eigenvalue weighted by Crippen LogP contribution is 2.23. The highest BCUT2D eigenvalue weighted by atomic mass is 16.5. The summed E-state index contributed by atoms with van der Waals surface area (Å²) in [7, 11) is 1.72. The molecule has 1 aromatic carbocycles. The molecule has 1 N–H and O–H groups in total. The summed E-state index contributed by atoms with van der Waals surface area (Å²) in [6.45, 7) is 6.31. The molecule has 0 spiro atoms. The Hall–Kier alpha value is -2.89. The molecule has 0 bridgehead atoms. The number of pyridine rings is 1. The Morgan fingerprint density at radius 3 is 2.33 bits per heavy atom. The van der Waals surface area contributed by atoms with Gasteiger partial charge in [0.25, 0.3) is 0 Å². The average Bonchev–Trinajstić information content (AvgIpc) is 2.68. The number of nitrogens with one attached hydrogen (secondary N) is 1. The third-order valence-corrected chi connectivity index (χ3v) is 4.36. The summed E-state index contributed by atoms with van der Waals surface area (Å²) < 4.78 is 5.39. The van der Waals surface area contributed by atoms with Crippen LogP contribution in [0.1, 0.15) is 26.3 Å². The third-order valence-electron chi connectivity index (χ3n) is 4.36. The van der Waals surface area contributed by atoms with E-state index in [4.69, 9.17) is 4.74 Å². The minimum atomic E-state index is -1.18. The van der Waals surface area contributed by atoms with Gasteiger partial charge in [0.2, 0.25) is 11.8 Å². The van der Waals surface area contributed by atoms with Crippen molar-refractivity contribution < 1.29 is 14.3 Å². The summed E-state index contributed by atoms with van der Waals surface area (Å²) >= 11 is 0. The Labute approximate surface area is 160 Å². The van der Waals surface area contributed by atoms with Crippen molar-refractivity contribution in [3.05, 3.63) is 54.4 Å². The number of anilines is 1. The van der Waals surface area contributed by atoms with E-state index in [-0.39, 0.29) is 11.8 Å². The molecule has 27 heavy (non-hydrogen) atoms. The van der Waals surface area contributed by atoms with Crippen LogP contribution < -0.4 is 10.1 Å². The Morgan fingerprint density at radius 1 is 1.11 bits per heavy atom. The second-order valence-electron chi connectivity index (χ2n) is 6.87. The third kappa shape index (κ3) is 5.54. The van der Waals surface area contributed by atoms with E-state index >= 15 is 0 Å². The molecule has 2 aromatic rings. The van der Waals surface area contributed by atoms with Crippen LogP contribution in [-0.2, 0) is 16.0 Å². The lowest BCUT2D eigenvalue weighted by atomic mass is 9.90. The topological polar surface area (TPSA) is 71.5 Å². The molecule has 0 aliphatic carbocycles. The largest absolute Gasteiger partial charge is 0.494 e. The van der Waals surface area contributed by atoms with Crippen molar-refractivity contribution in [1.29, 1.82) is 0 Å². The van der Waals surface area contributed by atoms with Gasteiger partial charge < -0.3 is 15.0 Å². The molecule has 0 aliphatic heterocycles. The van der Waals surface area contributed by atoms with Crippen LogP contribution in [0.5, 0.6) is 5.75 Å². The zero-order chi connectivity index (χ0) is 19.9. The molecule has 1 heterocycles. The first-order valence-electron chi connectivity index (χ1n) is 9.03. The van der Waals surface area contributed by atoms with Crippen LogP contribution in [0, 0.1) is 5.41 Å². The van der Waals surface area contributed by atoms with Gasteiger partial charge >= 0.3 is 0 Å². The molecule has 0 aliphatic rings. The Balaban J connectivity index is 1.95. The second kappa shape index (κ2) is 9.16. The van der Waals surface area contributed by atoms with Gasteiger partial charge in [-0.1, -0.05) is 0 Å². The standard InChI is InChI=1S/C21H27N3O3/c1-5-27-18-8-6-17(7-9-18)23-19(25)21(2,3)20(26)24(4)15-12-16-10-13-22-14-11-16/h6-11,13-14H,5,12,15H2,1-4H3,(H,23,25). The van der Waals surface area contributed by atoms with E-state index in [1.807, 2.05) is 19.1 Å². The van der Waals surface area contributed by atoms with E-state index in [9.17, 15) is 9.59 Å². The normalized spacial score (nSPS) is 11.0. The number of likely N-dealkylation sites (N-methyl/N-ethyl adjacent to an activating group) is 1. The maximum atomic E-state index is 12.8.